The Balaban J connectivity index is 3.15. The largest absolute Gasteiger partial charge is 0.465 e. The van der Waals surface area contributed by atoms with Crippen LogP contribution < -0.4 is 9.57 Å². The number of rotatable bonds is 2. The fourth-order valence-electron chi connectivity index (χ4n) is 0.973. The van der Waals surface area contributed by atoms with Gasteiger partial charge in [-0.25, -0.2) is 4.79 Å². The molecule has 0 saturated carbocycles. The summed E-state index contributed by atoms with van der Waals surface area (Å²) in [6, 6.07) is 4.80. The van der Waals surface area contributed by atoms with Crippen molar-refractivity contribution in [2.75, 3.05) is 14.2 Å². The van der Waals surface area contributed by atoms with Crippen LogP contribution in [0.5, 0.6) is 0 Å². The third kappa shape index (κ3) is 1.80. The van der Waals surface area contributed by atoms with E-state index in [-0.39, 0.29) is 5.69 Å². The van der Waals surface area contributed by atoms with E-state index in [1.807, 2.05) is 6.07 Å². The highest BCUT2D eigenvalue weighted by molar-refractivity contribution is 5.89. The number of nitrogens with zero attached hydrogens (tertiary/aromatic N) is 2. The van der Waals surface area contributed by atoms with Crippen LogP contribution in [0.4, 0.5) is 0 Å². The van der Waals surface area contributed by atoms with Crippen LogP contribution >= 0.6 is 0 Å². The normalized spacial score (nSPS) is 8.93. The van der Waals surface area contributed by atoms with Crippen molar-refractivity contribution in [2.24, 2.45) is 0 Å². The second kappa shape index (κ2) is 4.23. The highest BCUT2D eigenvalue weighted by atomic mass is 16.6. The van der Waals surface area contributed by atoms with Crippen molar-refractivity contribution in [3.8, 4) is 6.07 Å². The Bertz CT molecular complexity index is 396. The third-order valence-corrected chi connectivity index (χ3v) is 1.65. The number of ether oxygens (including phenoxy) is 1. The molecular weight excluding hydrogens is 184 g/mol. The van der Waals surface area contributed by atoms with Crippen LogP contribution in [-0.2, 0) is 4.74 Å². The molecular formula is C9H9N2O3+. The first-order chi connectivity index (χ1) is 6.72. The molecule has 72 valence electrons. The fraction of sp³-hybridized carbons (Fsp3) is 0.222. The molecule has 0 aliphatic heterocycles. The summed E-state index contributed by atoms with van der Waals surface area (Å²) in [5, 5.41) is 8.73. The van der Waals surface area contributed by atoms with Crippen LogP contribution in [0.15, 0.2) is 18.3 Å². The molecule has 1 heterocycles. The van der Waals surface area contributed by atoms with Gasteiger partial charge in [0, 0.05) is 16.9 Å². The van der Waals surface area contributed by atoms with Gasteiger partial charge in [-0.05, 0) is 0 Å². The Morgan fingerprint density at radius 1 is 1.57 bits per heavy atom. The van der Waals surface area contributed by atoms with Crippen LogP contribution in [0.1, 0.15) is 16.1 Å². The van der Waals surface area contributed by atoms with E-state index < -0.39 is 5.97 Å². The Hall–Kier alpha value is -2.09. The van der Waals surface area contributed by atoms with E-state index >= 15 is 0 Å². The van der Waals surface area contributed by atoms with Gasteiger partial charge in [-0.1, -0.05) is 0 Å². The number of carbonyl (C=O) groups excluding carboxylic acids is 1. The van der Waals surface area contributed by atoms with Gasteiger partial charge >= 0.3 is 11.7 Å². The lowest BCUT2D eigenvalue weighted by molar-refractivity contribution is -0.887. The molecule has 0 unspecified atom stereocenters. The molecule has 0 atom stereocenters. The summed E-state index contributed by atoms with van der Waals surface area (Å²) in [5.74, 6) is -0.482. The van der Waals surface area contributed by atoms with Gasteiger partial charge < -0.3 is 4.74 Å². The molecule has 0 radical (unpaired) electrons. The fourth-order valence-corrected chi connectivity index (χ4v) is 0.973. The van der Waals surface area contributed by atoms with Crippen LogP contribution in [-0.4, -0.2) is 20.2 Å². The molecule has 1 aromatic rings. The van der Waals surface area contributed by atoms with E-state index in [1.54, 1.807) is 0 Å². The van der Waals surface area contributed by atoms with E-state index in [0.717, 1.165) is 0 Å². The average Bonchev–Trinajstić information content (AvgIpc) is 2.26. The molecule has 5 nitrogen and oxygen atoms in total. The van der Waals surface area contributed by atoms with Crippen LogP contribution in [0.2, 0.25) is 0 Å². The number of hydrogen-bond donors (Lipinski definition) is 0. The van der Waals surface area contributed by atoms with E-state index in [2.05, 4.69) is 4.74 Å². The Morgan fingerprint density at radius 2 is 2.29 bits per heavy atom. The molecule has 1 aromatic heterocycles. The summed E-state index contributed by atoms with van der Waals surface area (Å²) in [4.78, 5) is 15.9. The number of pyridine rings is 1. The molecule has 5 heteroatoms. The zero-order chi connectivity index (χ0) is 10.6. The van der Waals surface area contributed by atoms with E-state index in [0.29, 0.717) is 5.56 Å². The van der Waals surface area contributed by atoms with Crippen molar-refractivity contribution in [2.45, 2.75) is 0 Å². The van der Waals surface area contributed by atoms with Crippen molar-refractivity contribution in [3.05, 3.63) is 29.6 Å². The molecule has 0 aromatic carbocycles. The van der Waals surface area contributed by atoms with E-state index in [4.69, 9.17) is 10.1 Å². The maximum atomic E-state index is 11.1. The average molecular weight is 193 g/mol. The standard InChI is InChI=1S/C9H9N2O3/c1-13-9(12)7-3-4-11(14-2)8(5-7)6-10/h3-5H,1-2H3/q+1. The highest BCUT2D eigenvalue weighted by Crippen LogP contribution is 2.00. The number of esters is 1. The van der Waals surface area contributed by atoms with Crippen molar-refractivity contribution >= 4 is 5.97 Å². The van der Waals surface area contributed by atoms with E-state index in [9.17, 15) is 4.79 Å². The van der Waals surface area contributed by atoms with Crippen LogP contribution in [0.25, 0.3) is 0 Å². The lowest BCUT2D eigenvalue weighted by Gasteiger charge is -1.97. The van der Waals surface area contributed by atoms with Gasteiger partial charge in [0.1, 0.15) is 7.11 Å². The lowest BCUT2D eigenvalue weighted by atomic mass is 10.2. The molecule has 0 spiro atoms. The maximum absolute atomic E-state index is 11.1. The van der Waals surface area contributed by atoms with Crippen molar-refractivity contribution in [1.29, 1.82) is 5.26 Å². The SMILES string of the molecule is COC(=O)c1cc[n+](OC)c(C#N)c1. The first-order valence-electron chi connectivity index (χ1n) is 3.81. The molecule has 0 fully saturated rings. The van der Waals surface area contributed by atoms with Gasteiger partial charge in [-0.3, -0.25) is 4.84 Å². The number of carbonyl (C=O) groups is 1. The molecule has 0 bridgehead atoms. The van der Waals surface area contributed by atoms with Gasteiger partial charge in [0.15, 0.2) is 6.07 Å². The minimum atomic E-state index is -0.482. The summed E-state index contributed by atoms with van der Waals surface area (Å²) in [6.45, 7) is 0. The molecule has 0 aliphatic carbocycles. The Morgan fingerprint density at radius 3 is 2.79 bits per heavy atom. The second-order valence-corrected chi connectivity index (χ2v) is 2.41. The first kappa shape index (κ1) is 9.99. The Kier molecular flexibility index (Phi) is 3.02. The number of methoxy groups -OCH3 is 1. The summed E-state index contributed by atoms with van der Waals surface area (Å²) >= 11 is 0. The molecule has 0 aliphatic rings. The van der Waals surface area contributed by atoms with Gasteiger partial charge in [-0.2, -0.15) is 5.26 Å². The zero-order valence-corrected chi connectivity index (χ0v) is 7.85. The predicted octanol–water partition coefficient (Wildman–Crippen LogP) is -0.309. The molecule has 14 heavy (non-hydrogen) atoms. The van der Waals surface area contributed by atoms with Gasteiger partial charge in [0.05, 0.1) is 12.7 Å². The van der Waals surface area contributed by atoms with Crippen molar-refractivity contribution in [1.82, 2.24) is 0 Å². The smallest absolute Gasteiger partial charge is 0.338 e. The minimum Gasteiger partial charge on any atom is -0.465 e. The number of hydrogen-bond acceptors (Lipinski definition) is 4. The van der Waals surface area contributed by atoms with Gasteiger partial charge in [0.2, 0.25) is 6.20 Å². The van der Waals surface area contributed by atoms with Gasteiger partial charge in [0.25, 0.3) is 0 Å². The van der Waals surface area contributed by atoms with Crippen molar-refractivity contribution < 1.29 is 19.1 Å². The summed E-state index contributed by atoms with van der Waals surface area (Å²) in [6.07, 6.45) is 1.48. The first-order valence-corrected chi connectivity index (χ1v) is 3.81. The Labute approximate surface area is 81.1 Å². The minimum absolute atomic E-state index is 0.232. The summed E-state index contributed by atoms with van der Waals surface area (Å²) in [5.41, 5.74) is 0.549. The number of aromatic nitrogens is 1. The monoisotopic (exact) mass is 193 g/mol. The maximum Gasteiger partial charge on any atom is 0.338 e. The topological polar surface area (TPSA) is 63.2 Å². The lowest BCUT2D eigenvalue weighted by Crippen LogP contribution is -2.43. The molecule has 0 amide bonds. The van der Waals surface area contributed by atoms with Crippen molar-refractivity contribution in [3.63, 3.8) is 0 Å². The number of nitriles is 1. The van der Waals surface area contributed by atoms with Crippen LogP contribution in [0.3, 0.4) is 0 Å². The third-order valence-electron chi connectivity index (χ3n) is 1.65. The van der Waals surface area contributed by atoms with E-state index in [1.165, 1.54) is 37.3 Å². The molecule has 0 saturated heterocycles. The summed E-state index contributed by atoms with van der Waals surface area (Å²) < 4.78 is 5.77. The molecule has 0 N–H and O–H groups in total. The predicted molar refractivity (Wildman–Crippen MR) is 45.2 cm³/mol. The quantitative estimate of drug-likeness (QED) is 0.477. The van der Waals surface area contributed by atoms with Crippen LogP contribution in [0, 0.1) is 11.3 Å². The second-order valence-electron chi connectivity index (χ2n) is 2.41. The summed E-state index contributed by atoms with van der Waals surface area (Å²) in [7, 11) is 2.71. The molecule has 1 rings (SSSR count). The highest BCUT2D eigenvalue weighted by Gasteiger charge is 2.15. The zero-order valence-electron chi connectivity index (χ0n) is 7.85. The van der Waals surface area contributed by atoms with Gasteiger partial charge in [-0.15, -0.1) is 0 Å².